The lowest BCUT2D eigenvalue weighted by Gasteiger charge is -2.40. The highest BCUT2D eigenvalue weighted by Crippen LogP contribution is 2.51. The van der Waals surface area contributed by atoms with Gasteiger partial charge in [0.25, 0.3) is 0 Å². The lowest BCUT2D eigenvalue weighted by atomic mass is 9.80. The number of imidazole rings is 1. The van der Waals surface area contributed by atoms with Crippen molar-refractivity contribution in [2.45, 2.75) is 89.4 Å². The van der Waals surface area contributed by atoms with Crippen molar-refractivity contribution in [3.05, 3.63) is 108 Å². The number of amides is 2. The van der Waals surface area contributed by atoms with E-state index >= 15 is 0 Å². The Labute approximate surface area is 382 Å². The maximum Gasteiger partial charge on any atom is 0.471 e. The Morgan fingerprint density at radius 1 is 0.909 bits per heavy atom. The molecular formula is C46H54F3N8O8P. The highest BCUT2D eigenvalue weighted by Gasteiger charge is 2.51. The minimum absolute atomic E-state index is 0.00841. The van der Waals surface area contributed by atoms with Crippen LogP contribution in [-0.2, 0) is 33.9 Å². The zero-order valence-electron chi connectivity index (χ0n) is 37.7. The number of rotatable bonds is 21. The third-order valence-corrected chi connectivity index (χ3v) is 13.3. The van der Waals surface area contributed by atoms with Gasteiger partial charge in [-0.05, 0) is 68.7 Å². The summed E-state index contributed by atoms with van der Waals surface area (Å²) in [6.45, 7) is 8.36. The maximum atomic E-state index is 13.3. The Morgan fingerprint density at radius 3 is 2.06 bits per heavy atom. The fraction of sp³-hybridized carbons (Fsp3) is 0.435. The third-order valence-electron chi connectivity index (χ3n) is 10.7. The van der Waals surface area contributed by atoms with E-state index in [9.17, 15) is 28.0 Å². The van der Waals surface area contributed by atoms with E-state index in [2.05, 4.69) is 31.0 Å². The molecule has 2 unspecified atom stereocenters. The van der Waals surface area contributed by atoms with Crippen LogP contribution < -0.4 is 20.1 Å². The first-order chi connectivity index (χ1) is 31.6. The molecule has 0 radical (unpaired) electrons. The number of nitrogens with one attached hydrogen (secondary N) is 2. The molecule has 5 atom stereocenters. The number of hydrogen-bond acceptors (Lipinski definition) is 13. The molecule has 1 saturated heterocycles. The van der Waals surface area contributed by atoms with Gasteiger partial charge in [-0.15, -0.1) is 0 Å². The Bertz CT molecular complexity index is 2360. The summed E-state index contributed by atoms with van der Waals surface area (Å²) in [4.78, 5) is 37.2. The van der Waals surface area contributed by atoms with Crippen molar-refractivity contribution < 1.29 is 51.0 Å². The molecule has 352 valence electrons. The van der Waals surface area contributed by atoms with E-state index in [4.69, 9.17) is 28.2 Å². The number of aromatic nitrogens is 4. The van der Waals surface area contributed by atoms with Crippen LogP contribution in [0.1, 0.15) is 64.0 Å². The molecule has 3 heterocycles. The van der Waals surface area contributed by atoms with Gasteiger partial charge in [0, 0.05) is 38.1 Å². The number of ether oxygens (including phenoxy) is 5. The largest absolute Gasteiger partial charge is 0.497 e. The summed E-state index contributed by atoms with van der Waals surface area (Å²) in [6, 6.07) is 26.8. The molecule has 2 amide bonds. The van der Waals surface area contributed by atoms with Crippen LogP contribution in [0.3, 0.4) is 0 Å². The van der Waals surface area contributed by atoms with E-state index in [1.165, 1.54) is 19.4 Å². The standard InChI is InChI=1S/C46H54F3N8O8P/c1-29(2)57(30(3)4)66(25-11-22-50)65-39-38(27-63-45(32-12-9-8-10-13-32,33-14-18-35(60-6)19-15-33)34-16-20-36(61-7)21-17-34)64-42(40(39)62-24-23-51-43(59)46(47,48)49)56-28-53-37-26-52-44(54-31(5)58)55-41(37)56/h8-10,12-21,26,28-30,38-40,42H,11,23-25,27H2,1-7H3,(H,51,59)(H,52,54,55,58)/t38?,39-,40-,42-,66?/m1/s1. The molecule has 5 aromatic rings. The predicted octanol–water partition coefficient (Wildman–Crippen LogP) is 7.50. The quantitative estimate of drug-likeness (QED) is 0.0419. The highest BCUT2D eigenvalue weighted by molar-refractivity contribution is 7.50. The molecule has 0 aliphatic carbocycles. The van der Waals surface area contributed by atoms with Crippen LogP contribution in [-0.4, -0.2) is 113 Å². The number of anilines is 1. The third kappa shape index (κ3) is 11.4. The van der Waals surface area contributed by atoms with Gasteiger partial charge in [-0.2, -0.15) is 23.4 Å². The number of carbonyl (C=O) groups excluding carboxylic acids is 2. The average molecular weight is 935 g/mol. The predicted molar refractivity (Wildman–Crippen MR) is 240 cm³/mol. The van der Waals surface area contributed by atoms with Gasteiger partial charge >= 0.3 is 12.1 Å². The second-order valence-electron chi connectivity index (χ2n) is 15.8. The summed E-state index contributed by atoms with van der Waals surface area (Å²) in [6.07, 6.45) is -5.95. The molecule has 0 saturated carbocycles. The minimum Gasteiger partial charge on any atom is -0.497 e. The smallest absolute Gasteiger partial charge is 0.471 e. The molecule has 1 aliphatic heterocycles. The number of fused-ring (bicyclic) bond motifs is 1. The monoisotopic (exact) mass is 934 g/mol. The van der Waals surface area contributed by atoms with E-state index in [1.54, 1.807) is 18.8 Å². The van der Waals surface area contributed by atoms with Crippen LogP contribution in [0.4, 0.5) is 19.1 Å². The zero-order valence-corrected chi connectivity index (χ0v) is 38.6. The highest BCUT2D eigenvalue weighted by atomic mass is 31.2. The molecule has 1 fully saturated rings. The summed E-state index contributed by atoms with van der Waals surface area (Å²) in [5, 5.41) is 14.3. The number of nitrogens with zero attached hydrogens (tertiary/aromatic N) is 6. The molecule has 1 aliphatic rings. The fourth-order valence-corrected chi connectivity index (χ4v) is 10.3. The molecule has 2 N–H and O–H groups in total. The number of hydrogen-bond donors (Lipinski definition) is 2. The van der Waals surface area contributed by atoms with Crippen molar-refractivity contribution >= 4 is 37.2 Å². The molecule has 0 bridgehead atoms. The first-order valence-electron chi connectivity index (χ1n) is 21.3. The Kier molecular flexibility index (Phi) is 16.7. The van der Waals surface area contributed by atoms with Gasteiger partial charge in [-0.25, -0.2) is 9.97 Å². The molecule has 16 nitrogen and oxygen atoms in total. The van der Waals surface area contributed by atoms with Gasteiger partial charge in [-0.1, -0.05) is 54.6 Å². The summed E-state index contributed by atoms with van der Waals surface area (Å²) < 4.78 is 82.7. The first kappa shape index (κ1) is 49.7. The van der Waals surface area contributed by atoms with E-state index in [1.807, 2.05) is 112 Å². The lowest BCUT2D eigenvalue weighted by Crippen LogP contribution is -2.44. The van der Waals surface area contributed by atoms with Crippen LogP contribution in [0.5, 0.6) is 11.5 Å². The van der Waals surface area contributed by atoms with Gasteiger partial charge in [0.2, 0.25) is 11.9 Å². The van der Waals surface area contributed by atoms with Crippen LogP contribution in [0.15, 0.2) is 91.4 Å². The van der Waals surface area contributed by atoms with E-state index in [-0.39, 0.29) is 36.7 Å². The van der Waals surface area contributed by atoms with Gasteiger partial charge < -0.3 is 33.5 Å². The first-order valence-corrected chi connectivity index (χ1v) is 22.7. The van der Waals surface area contributed by atoms with Gasteiger partial charge in [0.15, 0.2) is 11.9 Å². The second-order valence-corrected chi connectivity index (χ2v) is 17.7. The van der Waals surface area contributed by atoms with Crippen molar-refractivity contribution in [2.75, 3.05) is 45.5 Å². The zero-order chi connectivity index (χ0) is 47.6. The van der Waals surface area contributed by atoms with Crippen molar-refractivity contribution in [2.24, 2.45) is 0 Å². The second kappa shape index (κ2) is 22.2. The number of halogens is 3. The molecular weight excluding hydrogens is 881 g/mol. The maximum absolute atomic E-state index is 13.3. The van der Waals surface area contributed by atoms with E-state index in [0.29, 0.717) is 23.2 Å². The SMILES string of the molecule is COc1ccc(C(OCC2O[C@@H](n3cnc4cnc(NC(C)=O)nc43)[C@H](OCCNC(=O)C(F)(F)F)[C@@H]2OP(CCC#N)N(C(C)C)C(C)C)(c2ccccc2)c2ccc(OC)cc2)cc1. The fourth-order valence-electron chi connectivity index (χ4n) is 7.96. The minimum atomic E-state index is -5.11. The molecule has 20 heteroatoms. The van der Waals surface area contributed by atoms with E-state index < -0.39 is 69.6 Å². The van der Waals surface area contributed by atoms with Crippen LogP contribution in [0.25, 0.3) is 11.2 Å². The Morgan fingerprint density at radius 2 is 1.52 bits per heavy atom. The molecule has 2 aromatic heterocycles. The topological polar surface area (TPSA) is 184 Å². The van der Waals surface area contributed by atoms with Crippen molar-refractivity contribution in [1.29, 1.82) is 5.26 Å². The normalized spacial score (nSPS) is 18.1. The number of carbonyl (C=O) groups is 2. The van der Waals surface area contributed by atoms with Crippen LogP contribution in [0.2, 0.25) is 0 Å². The number of nitriles is 1. The average Bonchev–Trinajstić information content (AvgIpc) is 3.87. The van der Waals surface area contributed by atoms with Gasteiger partial charge in [-0.3, -0.25) is 24.1 Å². The Balaban J connectivity index is 1.52. The van der Waals surface area contributed by atoms with Crippen molar-refractivity contribution in [3.8, 4) is 17.6 Å². The lowest BCUT2D eigenvalue weighted by molar-refractivity contribution is -0.174. The van der Waals surface area contributed by atoms with Gasteiger partial charge in [0.05, 0.1) is 46.0 Å². The van der Waals surface area contributed by atoms with E-state index in [0.717, 1.165) is 16.7 Å². The summed E-state index contributed by atoms with van der Waals surface area (Å²) in [7, 11) is 1.59. The number of methoxy groups -OCH3 is 2. The van der Waals surface area contributed by atoms with Crippen LogP contribution in [0, 0.1) is 11.3 Å². The molecule has 6 rings (SSSR count). The summed E-state index contributed by atoms with van der Waals surface area (Å²) >= 11 is 0. The summed E-state index contributed by atoms with van der Waals surface area (Å²) in [5.74, 6) is -1.29. The van der Waals surface area contributed by atoms with Crippen LogP contribution >= 0.6 is 8.30 Å². The van der Waals surface area contributed by atoms with Crippen molar-refractivity contribution in [1.82, 2.24) is 29.5 Å². The van der Waals surface area contributed by atoms with Crippen molar-refractivity contribution in [3.63, 3.8) is 0 Å². The number of alkyl halides is 3. The molecule has 66 heavy (non-hydrogen) atoms. The number of benzene rings is 3. The Hall–Kier alpha value is -5.74. The van der Waals surface area contributed by atoms with Gasteiger partial charge in [0.1, 0.15) is 49.2 Å². The molecule has 0 spiro atoms. The molecule has 3 aromatic carbocycles. The summed E-state index contributed by atoms with van der Waals surface area (Å²) in [5.41, 5.74) is 1.52.